The van der Waals surface area contributed by atoms with Gasteiger partial charge in [0.2, 0.25) is 0 Å². The molecule has 0 saturated carbocycles. The summed E-state index contributed by atoms with van der Waals surface area (Å²) in [6.45, 7) is 2.02. The van der Waals surface area contributed by atoms with E-state index >= 15 is 0 Å². The van der Waals surface area contributed by atoms with Crippen molar-refractivity contribution in [3.8, 4) is 5.75 Å². The highest BCUT2D eigenvalue weighted by Gasteiger charge is 2.23. The second-order valence-corrected chi connectivity index (χ2v) is 9.09. The van der Waals surface area contributed by atoms with Gasteiger partial charge in [-0.3, -0.25) is 14.5 Å². The maximum absolute atomic E-state index is 13.2. The topological polar surface area (TPSA) is 140 Å². The number of rotatable bonds is 7. The Balaban J connectivity index is 1.51. The lowest BCUT2D eigenvalue weighted by molar-refractivity contribution is 0.417. The van der Waals surface area contributed by atoms with Crippen LogP contribution in [0, 0.1) is 0 Å². The van der Waals surface area contributed by atoms with Crippen LogP contribution in [0.25, 0.3) is 21.9 Å². The summed E-state index contributed by atoms with van der Waals surface area (Å²) in [5, 5.41) is 19.7. The standard InChI is InChI=1S/C21H21N7O4S/c1-4-13-8-19(24-23-13)22-15-10-16-14(9-17(15)31-3)21(26-32-16)27-33(29,30)18-7-5-6-12-11-28(2)25-20(12)18/h5-11H,4H2,1-3H3,(H,26,27)(H2,22,23,24). The van der Waals surface area contributed by atoms with E-state index in [0.717, 1.165) is 12.1 Å². The zero-order valence-electron chi connectivity index (χ0n) is 18.1. The lowest BCUT2D eigenvalue weighted by atomic mass is 10.2. The van der Waals surface area contributed by atoms with E-state index in [1.807, 2.05) is 13.0 Å². The average molecular weight is 468 g/mol. The monoisotopic (exact) mass is 467 g/mol. The van der Waals surface area contributed by atoms with Crippen LogP contribution in [-0.4, -0.2) is 40.7 Å². The smallest absolute Gasteiger partial charge is 0.265 e. The number of nitrogens with one attached hydrogen (secondary N) is 3. The summed E-state index contributed by atoms with van der Waals surface area (Å²) in [4.78, 5) is 0.0484. The van der Waals surface area contributed by atoms with Gasteiger partial charge in [-0.2, -0.15) is 10.2 Å². The van der Waals surface area contributed by atoms with Crippen LogP contribution in [0.4, 0.5) is 17.3 Å². The van der Waals surface area contributed by atoms with E-state index in [0.29, 0.717) is 39.1 Å². The number of nitrogens with zero attached hydrogens (tertiary/aromatic N) is 4. The largest absolute Gasteiger partial charge is 0.495 e. The molecule has 5 rings (SSSR count). The van der Waals surface area contributed by atoms with Gasteiger partial charge in [-0.05, 0) is 18.6 Å². The highest BCUT2D eigenvalue weighted by Crippen LogP contribution is 2.36. The molecule has 0 radical (unpaired) electrons. The Morgan fingerprint density at radius 3 is 2.85 bits per heavy atom. The van der Waals surface area contributed by atoms with Crippen molar-refractivity contribution in [2.24, 2.45) is 7.05 Å². The van der Waals surface area contributed by atoms with Gasteiger partial charge < -0.3 is 14.6 Å². The fraction of sp³-hybridized carbons (Fsp3) is 0.190. The molecule has 33 heavy (non-hydrogen) atoms. The van der Waals surface area contributed by atoms with Crippen LogP contribution >= 0.6 is 0 Å². The van der Waals surface area contributed by atoms with Crippen LogP contribution in [0.15, 0.2) is 52.0 Å². The maximum atomic E-state index is 13.2. The van der Waals surface area contributed by atoms with E-state index in [4.69, 9.17) is 9.26 Å². The minimum atomic E-state index is -3.99. The molecule has 0 bridgehead atoms. The minimum Gasteiger partial charge on any atom is -0.495 e. The van der Waals surface area contributed by atoms with Gasteiger partial charge in [0.05, 0.1) is 18.2 Å². The second-order valence-electron chi connectivity index (χ2n) is 7.44. The molecule has 12 heteroatoms. The van der Waals surface area contributed by atoms with Gasteiger partial charge in [0.1, 0.15) is 16.2 Å². The molecule has 0 atom stereocenters. The quantitative estimate of drug-likeness (QED) is 0.330. The van der Waals surface area contributed by atoms with Gasteiger partial charge in [0.25, 0.3) is 10.0 Å². The predicted octanol–water partition coefficient (Wildman–Crippen LogP) is 3.55. The van der Waals surface area contributed by atoms with Crippen molar-refractivity contribution in [3.63, 3.8) is 0 Å². The first-order valence-electron chi connectivity index (χ1n) is 10.1. The molecule has 0 aliphatic rings. The number of hydrogen-bond donors (Lipinski definition) is 3. The van der Waals surface area contributed by atoms with Crippen LogP contribution < -0.4 is 14.8 Å². The second kappa shape index (κ2) is 7.81. The summed E-state index contributed by atoms with van der Waals surface area (Å²) < 4.78 is 41.3. The molecule has 2 aromatic carbocycles. The number of methoxy groups -OCH3 is 1. The number of hydrogen-bond acceptors (Lipinski definition) is 8. The van der Waals surface area contributed by atoms with E-state index < -0.39 is 10.0 Å². The first-order chi connectivity index (χ1) is 15.9. The molecule has 3 N–H and O–H groups in total. The third-order valence-electron chi connectivity index (χ3n) is 5.20. The molecule has 0 amide bonds. The van der Waals surface area contributed by atoms with Gasteiger partial charge in [0, 0.05) is 36.5 Å². The maximum Gasteiger partial charge on any atom is 0.265 e. The van der Waals surface area contributed by atoms with E-state index in [1.165, 1.54) is 13.2 Å². The molecule has 11 nitrogen and oxygen atoms in total. The predicted molar refractivity (Wildman–Crippen MR) is 123 cm³/mol. The van der Waals surface area contributed by atoms with Crippen molar-refractivity contribution in [1.82, 2.24) is 25.1 Å². The van der Waals surface area contributed by atoms with E-state index in [1.54, 1.807) is 42.2 Å². The Morgan fingerprint density at radius 1 is 1.24 bits per heavy atom. The molecule has 170 valence electrons. The molecule has 0 aliphatic heterocycles. The number of benzene rings is 2. The third kappa shape index (κ3) is 3.74. The molecule has 0 unspecified atom stereocenters. The first kappa shape index (κ1) is 20.8. The summed E-state index contributed by atoms with van der Waals surface area (Å²) in [6, 6.07) is 10.2. The van der Waals surface area contributed by atoms with Gasteiger partial charge in [-0.15, -0.1) is 0 Å². The van der Waals surface area contributed by atoms with Crippen molar-refractivity contribution in [2.45, 2.75) is 18.2 Å². The molecule has 3 aromatic heterocycles. The van der Waals surface area contributed by atoms with Crippen molar-refractivity contribution in [3.05, 3.63) is 48.3 Å². The summed E-state index contributed by atoms with van der Waals surface area (Å²) in [6.07, 6.45) is 2.57. The highest BCUT2D eigenvalue weighted by molar-refractivity contribution is 7.93. The summed E-state index contributed by atoms with van der Waals surface area (Å²) in [5.74, 6) is 1.14. The number of sulfonamides is 1. The van der Waals surface area contributed by atoms with Crippen molar-refractivity contribution < 1.29 is 17.7 Å². The normalized spacial score (nSPS) is 11.8. The van der Waals surface area contributed by atoms with Gasteiger partial charge in [-0.25, -0.2) is 8.42 Å². The van der Waals surface area contributed by atoms with Crippen LogP contribution in [0.1, 0.15) is 12.6 Å². The summed E-state index contributed by atoms with van der Waals surface area (Å²) >= 11 is 0. The molecular weight excluding hydrogens is 446 g/mol. The number of fused-ring (bicyclic) bond motifs is 2. The molecule has 0 saturated heterocycles. The van der Waals surface area contributed by atoms with Crippen LogP contribution in [0.5, 0.6) is 5.75 Å². The van der Waals surface area contributed by atoms with E-state index in [-0.39, 0.29) is 10.7 Å². The Hall–Kier alpha value is -4.06. The number of aryl methyl sites for hydroxylation is 2. The Bertz CT molecular complexity index is 1580. The van der Waals surface area contributed by atoms with E-state index in [9.17, 15) is 8.42 Å². The lowest BCUT2D eigenvalue weighted by Crippen LogP contribution is -2.14. The van der Waals surface area contributed by atoms with Crippen molar-refractivity contribution in [2.75, 3.05) is 17.1 Å². The number of ether oxygens (including phenoxy) is 1. The molecule has 3 heterocycles. The van der Waals surface area contributed by atoms with Crippen molar-refractivity contribution in [1.29, 1.82) is 0 Å². The Labute approximate surface area is 188 Å². The summed E-state index contributed by atoms with van der Waals surface area (Å²) in [7, 11) is -0.729. The first-order valence-corrected chi connectivity index (χ1v) is 11.6. The highest BCUT2D eigenvalue weighted by atomic mass is 32.2. The lowest BCUT2D eigenvalue weighted by Gasteiger charge is -2.10. The average Bonchev–Trinajstić information content (AvgIpc) is 3.50. The fourth-order valence-electron chi connectivity index (χ4n) is 3.59. The van der Waals surface area contributed by atoms with Gasteiger partial charge in [0.15, 0.2) is 17.2 Å². The molecular formula is C21H21N7O4S. The van der Waals surface area contributed by atoms with Crippen molar-refractivity contribution >= 4 is 49.2 Å². The minimum absolute atomic E-state index is 0.0484. The van der Waals surface area contributed by atoms with Gasteiger partial charge in [-0.1, -0.05) is 24.2 Å². The zero-order chi connectivity index (χ0) is 23.2. The number of aromatic nitrogens is 5. The molecule has 0 spiro atoms. The van der Waals surface area contributed by atoms with Crippen LogP contribution in [0.2, 0.25) is 0 Å². The SMILES string of the molecule is CCc1cc(Nc2cc3onc(NS(=O)(=O)c4cccc5cn(C)nc45)c3cc2OC)n[nH]1. The zero-order valence-corrected chi connectivity index (χ0v) is 18.9. The van der Waals surface area contributed by atoms with Gasteiger partial charge >= 0.3 is 0 Å². The fourth-order valence-corrected chi connectivity index (χ4v) is 4.77. The third-order valence-corrected chi connectivity index (χ3v) is 6.57. The number of anilines is 3. The molecule has 0 fully saturated rings. The van der Waals surface area contributed by atoms with E-state index in [2.05, 4.69) is 30.5 Å². The number of aromatic amines is 1. The van der Waals surface area contributed by atoms with Crippen LogP contribution in [0.3, 0.4) is 0 Å². The summed E-state index contributed by atoms with van der Waals surface area (Å²) in [5.41, 5.74) is 2.33. The molecule has 0 aliphatic carbocycles. The molecule has 5 aromatic rings. The van der Waals surface area contributed by atoms with Crippen LogP contribution in [-0.2, 0) is 23.5 Å². The Morgan fingerprint density at radius 2 is 2.09 bits per heavy atom. The Kier molecular flexibility index (Phi) is 4.93. The number of H-pyrrole nitrogens is 1.